The average molecular weight is 289 g/mol. The Morgan fingerprint density at radius 2 is 1.80 bits per heavy atom. The van der Waals surface area contributed by atoms with Crippen molar-refractivity contribution in [1.29, 1.82) is 5.41 Å². The van der Waals surface area contributed by atoms with E-state index >= 15 is 0 Å². The molecule has 1 N–H and O–H groups in total. The number of rotatable bonds is 1. The van der Waals surface area contributed by atoms with Gasteiger partial charge < -0.3 is 5.41 Å². The van der Waals surface area contributed by atoms with Gasteiger partial charge in [-0.05, 0) is 18.9 Å². The van der Waals surface area contributed by atoms with Crippen LogP contribution in [-0.4, -0.2) is 25.9 Å². The van der Waals surface area contributed by atoms with Crippen molar-refractivity contribution in [3.8, 4) is 11.1 Å². The first-order valence-corrected chi connectivity index (χ1v) is 6.69. The fourth-order valence-electron chi connectivity index (χ4n) is 1.71. The van der Waals surface area contributed by atoms with Crippen LogP contribution >= 0.6 is 12.6 Å². The molecule has 20 heavy (non-hydrogen) atoms. The van der Waals surface area contributed by atoms with Gasteiger partial charge in [-0.3, -0.25) is 9.08 Å². The minimum absolute atomic E-state index is 0.834. The molecule has 106 valence electrons. The molecule has 0 aliphatic heterocycles. The van der Waals surface area contributed by atoms with Gasteiger partial charge in [0, 0.05) is 30.6 Å². The Kier molecular flexibility index (Phi) is 5.99. The van der Waals surface area contributed by atoms with E-state index in [0.717, 1.165) is 21.8 Å². The zero-order chi connectivity index (χ0) is 15.1. The van der Waals surface area contributed by atoms with E-state index in [4.69, 9.17) is 5.41 Å². The van der Waals surface area contributed by atoms with Crippen molar-refractivity contribution in [2.45, 2.75) is 18.9 Å². The van der Waals surface area contributed by atoms with Gasteiger partial charge in [-0.1, -0.05) is 13.8 Å². The fourth-order valence-corrected chi connectivity index (χ4v) is 1.93. The molecule has 3 rings (SSSR count). The van der Waals surface area contributed by atoms with Crippen LogP contribution in [0.25, 0.3) is 16.8 Å². The summed E-state index contributed by atoms with van der Waals surface area (Å²) in [7, 11) is 1.91. The van der Waals surface area contributed by atoms with Crippen molar-refractivity contribution >= 4 is 25.0 Å². The van der Waals surface area contributed by atoms with Gasteiger partial charge in [-0.2, -0.15) is 5.10 Å². The Morgan fingerprint density at radius 1 is 1.10 bits per heavy atom. The Labute approximate surface area is 124 Å². The van der Waals surface area contributed by atoms with Gasteiger partial charge in [0.1, 0.15) is 5.65 Å². The summed E-state index contributed by atoms with van der Waals surface area (Å²) in [6, 6.07) is 4.01. The molecule has 0 aliphatic rings. The molecule has 0 bridgehead atoms. The molecule has 0 saturated carbocycles. The number of aromatic nitrogens is 4. The third-order valence-electron chi connectivity index (χ3n) is 2.52. The summed E-state index contributed by atoms with van der Waals surface area (Å²) in [5.41, 5.74) is 3.09. The zero-order valence-electron chi connectivity index (χ0n) is 11.9. The number of imidazole rings is 1. The summed E-state index contributed by atoms with van der Waals surface area (Å²) in [6.07, 6.45) is 7.58. The zero-order valence-corrected chi connectivity index (χ0v) is 12.8. The topological polar surface area (TPSA) is 59.0 Å². The highest BCUT2D eigenvalue weighted by Gasteiger charge is 2.04. The van der Waals surface area contributed by atoms with Crippen LogP contribution in [0.5, 0.6) is 0 Å². The number of pyridine rings is 1. The molecule has 0 amide bonds. The van der Waals surface area contributed by atoms with Gasteiger partial charge in [-0.25, -0.2) is 4.98 Å². The molecular formula is C14H19N5S. The fraction of sp³-hybridized carbons (Fsp3) is 0.214. The van der Waals surface area contributed by atoms with Crippen molar-refractivity contribution in [2.75, 3.05) is 0 Å². The van der Waals surface area contributed by atoms with E-state index in [1.807, 2.05) is 56.0 Å². The van der Waals surface area contributed by atoms with Crippen molar-refractivity contribution < 1.29 is 0 Å². The molecular weight excluding hydrogens is 270 g/mol. The molecule has 0 unspecified atom stereocenters. The van der Waals surface area contributed by atoms with Gasteiger partial charge in [0.15, 0.2) is 0 Å². The van der Waals surface area contributed by atoms with Crippen LogP contribution in [-0.2, 0) is 7.05 Å². The number of hydrogen-bond acceptors (Lipinski definition) is 4. The molecule has 3 heterocycles. The van der Waals surface area contributed by atoms with Crippen LogP contribution in [0.2, 0.25) is 0 Å². The molecule has 6 heteroatoms. The third kappa shape index (κ3) is 3.27. The first kappa shape index (κ1) is 16.0. The second-order valence-corrected chi connectivity index (χ2v) is 4.12. The van der Waals surface area contributed by atoms with E-state index in [0.29, 0.717) is 0 Å². The lowest BCUT2D eigenvalue weighted by molar-refractivity contribution is 0.768. The monoisotopic (exact) mass is 289 g/mol. The SMILES string of the molecule is C=N.CC.Cn1cc(-c2ccc3ncc(S)n3c2)cn1. The number of aryl methyl sites for hydroxylation is 1. The predicted molar refractivity (Wildman–Crippen MR) is 85.8 cm³/mol. The van der Waals surface area contributed by atoms with Gasteiger partial charge in [0.05, 0.1) is 17.4 Å². The van der Waals surface area contributed by atoms with Gasteiger partial charge >= 0.3 is 0 Å². The third-order valence-corrected chi connectivity index (χ3v) is 2.86. The Hall–Kier alpha value is -2.08. The summed E-state index contributed by atoms with van der Waals surface area (Å²) in [5, 5.41) is 10.5. The highest BCUT2D eigenvalue weighted by molar-refractivity contribution is 7.80. The highest BCUT2D eigenvalue weighted by atomic mass is 32.1. The maximum Gasteiger partial charge on any atom is 0.137 e. The molecule has 0 aliphatic carbocycles. The first-order valence-electron chi connectivity index (χ1n) is 6.24. The maximum atomic E-state index is 5.50. The number of thiol groups is 1. The molecule has 0 atom stereocenters. The van der Waals surface area contributed by atoms with Crippen LogP contribution < -0.4 is 0 Å². The van der Waals surface area contributed by atoms with Gasteiger partial charge in [-0.15, -0.1) is 12.6 Å². The van der Waals surface area contributed by atoms with Crippen LogP contribution in [0.3, 0.4) is 0 Å². The maximum absolute atomic E-state index is 5.50. The van der Waals surface area contributed by atoms with Crippen molar-refractivity contribution in [1.82, 2.24) is 19.2 Å². The lowest BCUT2D eigenvalue weighted by Gasteiger charge is -2.00. The molecule has 0 aromatic carbocycles. The van der Waals surface area contributed by atoms with Crippen molar-refractivity contribution in [3.05, 3.63) is 36.9 Å². The van der Waals surface area contributed by atoms with Crippen LogP contribution in [0.15, 0.2) is 41.9 Å². The second kappa shape index (κ2) is 7.49. The summed E-state index contributed by atoms with van der Waals surface area (Å²) >= 11 is 4.35. The Morgan fingerprint density at radius 3 is 2.40 bits per heavy atom. The Bertz CT molecular complexity index is 671. The largest absolute Gasteiger partial charge is 0.317 e. The van der Waals surface area contributed by atoms with Crippen molar-refractivity contribution in [3.63, 3.8) is 0 Å². The van der Waals surface area contributed by atoms with Crippen LogP contribution in [0.4, 0.5) is 0 Å². The second-order valence-electron chi connectivity index (χ2n) is 3.67. The molecule has 5 nitrogen and oxygen atoms in total. The summed E-state index contributed by atoms with van der Waals surface area (Å²) in [5.74, 6) is 0. The summed E-state index contributed by atoms with van der Waals surface area (Å²) in [4.78, 5) is 4.22. The smallest absolute Gasteiger partial charge is 0.137 e. The number of nitrogens with one attached hydrogen (secondary N) is 1. The highest BCUT2D eigenvalue weighted by Crippen LogP contribution is 2.20. The molecule has 0 fully saturated rings. The number of hydrogen-bond donors (Lipinski definition) is 2. The predicted octanol–water partition coefficient (Wildman–Crippen LogP) is 3.32. The molecule has 0 radical (unpaired) electrons. The van der Waals surface area contributed by atoms with E-state index in [1.165, 1.54) is 0 Å². The van der Waals surface area contributed by atoms with E-state index in [1.54, 1.807) is 10.9 Å². The summed E-state index contributed by atoms with van der Waals surface area (Å²) < 4.78 is 3.74. The molecule has 3 aromatic rings. The quantitative estimate of drug-likeness (QED) is 0.533. The first-order chi connectivity index (χ1) is 9.74. The molecule has 0 saturated heterocycles. The van der Waals surface area contributed by atoms with Gasteiger partial charge in [0.25, 0.3) is 0 Å². The Balaban J connectivity index is 0.000000461. The van der Waals surface area contributed by atoms with Gasteiger partial charge in [0.2, 0.25) is 0 Å². The molecule has 3 aromatic heterocycles. The number of nitrogens with zero attached hydrogens (tertiary/aromatic N) is 4. The minimum Gasteiger partial charge on any atom is -0.317 e. The van der Waals surface area contributed by atoms with Crippen LogP contribution in [0.1, 0.15) is 13.8 Å². The minimum atomic E-state index is 0.834. The van der Waals surface area contributed by atoms with E-state index in [9.17, 15) is 0 Å². The van der Waals surface area contributed by atoms with Crippen LogP contribution in [0, 0.1) is 5.41 Å². The molecule has 0 spiro atoms. The summed E-state index contributed by atoms with van der Waals surface area (Å²) in [6.45, 7) is 6.50. The average Bonchev–Trinajstić information content (AvgIpc) is 3.10. The lowest BCUT2D eigenvalue weighted by atomic mass is 10.2. The van der Waals surface area contributed by atoms with E-state index in [2.05, 4.69) is 29.4 Å². The van der Waals surface area contributed by atoms with E-state index in [-0.39, 0.29) is 0 Å². The van der Waals surface area contributed by atoms with E-state index < -0.39 is 0 Å². The number of fused-ring (bicyclic) bond motifs is 1. The normalized spacial score (nSPS) is 9.40. The standard InChI is InChI=1S/C11H10N4S.C2H6.CH3N/c1-14-6-9(4-13-14)8-2-3-10-12-5-11(16)15(10)7-8;2*1-2/h2-7,16H,1H3;1-2H3;2H,1H2. The lowest BCUT2D eigenvalue weighted by Crippen LogP contribution is -1.87. The van der Waals surface area contributed by atoms with Crippen molar-refractivity contribution in [2.24, 2.45) is 7.05 Å².